The lowest BCUT2D eigenvalue weighted by molar-refractivity contribution is -0.139. The highest BCUT2D eigenvalue weighted by atomic mass is 32.2. The van der Waals surface area contributed by atoms with Crippen molar-refractivity contribution < 1.29 is 22.5 Å². The number of carbonyl (C=O) groups is 2. The van der Waals surface area contributed by atoms with Gasteiger partial charge in [-0.1, -0.05) is 5.16 Å². The van der Waals surface area contributed by atoms with Crippen LogP contribution in [0, 0.1) is 19.8 Å². The van der Waals surface area contributed by atoms with E-state index in [0.29, 0.717) is 63.8 Å². The van der Waals surface area contributed by atoms with E-state index in [0.717, 1.165) is 19.4 Å². The van der Waals surface area contributed by atoms with Crippen LogP contribution in [-0.4, -0.2) is 103 Å². The summed E-state index contributed by atoms with van der Waals surface area (Å²) in [7, 11) is -3.76. The van der Waals surface area contributed by atoms with E-state index in [1.807, 2.05) is 9.80 Å². The largest absolute Gasteiger partial charge is 0.360 e. The lowest BCUT2D eigenvalue weighted by Gasteiger charge is -2.40. The van der Waals surface area contributed by atoms with Gasteiger partial charge in [0.05, 0.1) is 12.5 Å². The fraction of sp³-hybridized carbons (Fsp3) is 0.783. The van der Waals surface area contributed by atoms with Crippen molar-refractivity contribution in [3.05, 3.63) is 11.5 Å². The van der Waals surface area contributed by atoms with Gasteiger partial charge < -0.3 is 14.3 Å². The Morgan fingerprint density at radius 2 is 1.74 bits per heavy atom. The zero-order valence-electron chi connectivity index (χ0n) is 20.5. The van der Waals surface area contributed by atoms with Gasteiger partial charge in [-0.2, -0.15) is 4.31 Å². The SMILES string of the molecule is Cc1noc(C)c1S(=O)(=O)N1CCCC(C(=O)N2CCN(CC(=O)N3CCCCC3C)CC2)C1. The van der Waals surface area contributed by atoms with E-state index in [1.165, 1.54) is 10.7 Å². The predicted molar refractivity (Wildman–Crippen MR) is 126 cm³/mol. The third-order valence-electron chi connectivity index (χ3n) is 7.47. The normalized spacial score (nSPS) is 25.5. The predicted octanol–water partition coefficient (Wildman–Crippen LogP) is 1.24. The Labute approximate surface area is 202 Å². The van der Waals surface area contributed by atoms with Crippen molar-refractivity contribution in [1.82, 2.24) is 24.2 Å². The maximum absolute atomic E-state index is 13.2. The minimum Gasteiger partial charge on any atom is -0.360 e. The highest BCUT2D eigenvalue weighted by Crippen LogP contribution is 2.28. The third-order valence-corrected chi connectivity index (χ3v) is 9.58. The topological polar surface area (TPSA) is 107 Å². The number of piperazine rings is 1. The van der Waals surface area contributed by atoms with Crippen molar-refractivity contribution in [2.75, 3.05) is 52.4 Å². The second-order valence-corrected chi connectivity index (χ2v) is 11.8. The van der Waals surface area contributed by atoms with Crippen molar-refractivity contribution in [2.45, 2.75) is 63.8 Å². The summed E-state index contributed by atoms with van der Waals surface area (Å²) in [6, 6.07) is 0.306. The molecule has 3 aliphatic rings. The van der Waals surface area contributed by atoms with Crippen LogP contribution in [0.5, 0.6) is 0 Å². The number of rotatable bonds is 5. The number of likely N-dealkylation sites (tertiary alicyclic amines) is 1. The lowest BCUT2D eigenvalue weighted by Crippen LogP contribution is -2.55. The zero-order chi connectivity index (χ0) is 24.5. The van der Waals surface area contributed by atoms with Gasteiger partial charge in [-0.05, 0) is 52.9 Å². The summed E-state index contributed by atoms with van der Waals surface area (Å²) in [5, 5.41) is 3.78. The maximum atomic E-state index is 13.2. The molecule has 1 aromatic heterocycles. The molecule has 0 N–H and O–H groups in total. The fourth-order valence-corrected chi connectivity index (χ4v) is 7.28. The van der Waals surface area contributed by atoms with Gasteiger partial charge in [0.15, 0.2) is 5.76 Å². The first-order chi connectivity index (χ1) is 16.2. The van der Waals surface area contributed by atoms with E-state index in [1.54, 1.807) is 13.8 Å². The molecule has 34 heavy (non-hydrogen) atoms. The number of amides is 2. The standard InChI is InChI=1S/C23H37N5O5S/c1-17-7-4-5-10-28(17)21(29)16-25-11-13-26(14-12-25)23(30)20-8-6-9-27(15-20)34(31,32)22-18(2)24-33-19(22)3/h17,20H,4-16H2,1-3H3. The third kappa shape index (κ3) is 5.16. The Bertz CT molecular complexity index is 982. The zero-order valence-corrected chi connectivity index (χ0v) is 21.3. The molecule has 190 valence electrons. The van der Waals surface area contributed by atoms with Crippen LogP contribution < -0.4 is 0 Å². The minimum atomic E-state index is -3.76. The first-order valence-corrected chi connectivity index (χ1v) is 13.9. The monoisotopic (exact) mass is 495 g/mol. The van der Waals surface area contributed by atoms with Gasteiger partial charge in [0.1, 0.15) is 10.6 Å². The number of carbonyl (C=O) groups excluding carboxylic acids is 2. The Kier molecular flexibility index (Phi) is 7.63. The molecular formula is C23H37N5O5S. The molecule has 0 radical (unpaired) electrons. The van der Waals surface area contributed by atoms with Gasteiger partial charge in [-0.15, -0.1) is 0 Å². The van der Waals surface area contributed by atoms with Crippen molar-refractivity contribution in [2.24, 2.45) is 5.92 Å². The number of nitrogens with zero attached hydrogens (tertiary/aromatic N) is 5. The number of hydrogen-bond acceptors (Lipinski definition) is 7. The van der Waals surface area contributed by atoms with Crippen LogP contribution >= 0.6 is 0 Å². The molecule has 3 aliphatic heterocycles. The minimum absolute atomic E-state index is 0.00860. The van der Waals surface area contributed by atoms with Crippen molar-refractivity contribution >= 4 is 21.8 Å². The molecule has 2 amide bonds. The summed E-state index contributed by atoms with van der Waals surface area (Å²) < 4.78 is 32.8. The Balaban J connectivity index is 1.31. The first-order valence-electron chi connectivity index (χ1n) is 12.4. The van der Waals surface area contributed by atoms with Crippen LogP contribution in [0.1, 0.15) is 50.5 Å². The molecule has 4 rings (SSSR count). The van der Waals surface area contributed by atoms with E-state index >= 15 is 0 Å². The van der Waals surface area contributed by atoms with Crippen molar-refractivity contribution in [3.63, 3.8) is 0 Å². The number of hydrogen-bond donors (Lipinski definition) is 0. The molecule has 2 unspecified atom stereocenters. The van der Waals surface area contributed by atoms with Crippen LogP contribution in [0.2, 0.25) is 0 Å². The summed E-state index contributed by atoms with van der Waals surface area (Å²) in [6.07, 6.45) is 4.64. The van der Waals surface area contributed by atoms with Gasteiger partial charge >= 0.3 is 0 Å². The number of aromatic nitrogens is 1. The van der Waals surface area contributed by atoms with E-state index in [4.69, 9.17) is 4.52 Å². The Morgan fingerprint density at radius 3 is 2.38 bits per heavy atom. The van der Waals surface area contributed by atoms with Gasteiger partial charge in [0, 0.05) is 51.9 Å². The number of sulfonamides is 1. The molecule has 11 heteroatoms. The second-order valence-electron chi connectivity index (χ2n) is 9.89. The Hall–Kier alpha value is -1.98. The molecule has 2 atom stereocenters. The summed E-state index contributed by atoms with van der Waals surface area (Å²) in [5.41, 5.74) is 0.343. The van der Waals surface area contributed by atoms with Crippen LogP contribution in [0.3, 0.4) is 0 Å². The van der Waals surface area contributed by atoms with Gasteiger partial charge in [0.2, 0.25) is 21.8 Å². The molecule has 0 aromatic carbocycles. The summed E-state index contributed by atoms with van der Waals surface area (Å²) in [5.74, 6) is 0.107. The number of piperidine rings is 2. The molecule has 3 fully saturated rings. The fourth-order valence-electron chi connectivity index (χ4n) is 5.47. The van der Waals surface area contributed by atoms with Crippen LogP contribution in [0.25, 0.3) is 0 Å². The maximum Gasteiger partial charge on any atom is 0.248 e. The number of aryl methyl sites for hydroxylation is 2. The molecule has 10 nitrogen and oxygen atoms in total. The molecule has 1 aromatic rings. The van der Waals surface area contributed by atoms with E-state index in [2.05, 4.69) is 17.0 Å². The quantitative estimate of drug-likeness (QED) is 0.605. The van der Waals surface area contributed by atoms with Crippen molar-refractivity contribution in [1.29, 1.82) is 0 Å². The van der Waals surface area contributed by atoms with E-state index in [-0.39, 0.29) is 34.9 Å². The van der Waals surface area contributed by atoms with Crippen LogP contribution in [0.4, 0.5) is 0 Å². The summed E-state index contributed by atoms with van der Waals surface area (Å²) in [4.78, 5) is 32.1. The van der Waals surface area contributed by atoms with E-state index in [9.17, 15) is 18.0 Å². The lowest BCUT2D eigenvalue weighted by atomic mass is 9.97. The first kappa shape index (κ1) is 25.1. The molecule has 0 saturated carbocycles. The molecule has 0 bridgehead atoms. The smallest absolute Gasteiger partial charge is 0.248 e. The van der Waals surface area contributed by atoms with Gasteiger partial charge in [0.25, 0.3) is 0 Å². The van der Waals surface area contributed by atoms with E-state index < -0.39 is 10.0 Å². The highest BCUT2D eigenvalue weighted by molar-refractivity contribution is 7.89. The van der Waals surface area contributed by atoms with Gasteiger partial charge in [-0.3, -0.25) is 14.5 Å². The molecule has 3 saturated heterocycles. The van der Waals surface area contributed by atoms with Crippen LogP contribution in [0.15, 0.2) is 9.42 Å². The molecule has 0 aliphatic carbocycles. The van der Waals surface area contributed by atoms with Gasteiger partial charge in [-0.25, -0.2) is 8.42 Å². The summed E-state index contributed by atoms with van der Waals surface area (Å²) >= 11 is 0. The highest BCUT2D eigenvalue weighted by Gasteiger charge is 2.38. The van der Waals surface area contributed by atoms with Crippen LogP contribution in [-0.2, 0) is 19.6 Å². The second kappa shape index (κ2) is 10.3. The molecular weight excluding hydrogens is 458 g/mol. The molecule has 4 heterocycles. The molecule has 0 spiro atoms. The Morgan fingerprint density at radius 1 is 1.00 bits per heavy atom. The van der Waals surface area contributed by atoms with Crippen molar-refractivity contribution in [3.8, 4) is 0 Å². The average molecular weight is 496 g/mol. The summed E-state index contributed by atoms with van der Waals surface area (Å²) in [6.45, 7) is 9.59. The average Bonchev–Trinajstić information content (AvgIpc) is 3.18.